The lowest BCUT2D eigenvalue weighted by Gasteiger charge is -2.36. The molecule has 1 saturated heterocycles. The highest BCUT2D eigenvalue weighted by molar-refractivity contribution is 5.96. The number of amides is 2. The van der Waals surface area contributed by atoms with Crippen molar-refractivity contribution in [1.82, 2.24) is 10.2 Å². The molecule has 1 aliphatic heterocycles. The van der Waals surface area contributed by atoms with E-state index in [2.05, 4.69) is 5.32 Å². The molecule has 1 N–H and O–H groups in total. The van der Waals surface area contributed by atoms with Crippen molar-refractivity contribution < 1.29 is 18.4 Å². The fourth-order valence-corrected chi connectivity index (χ4v) is 2.51. The minimum absolute atomic E-state index is 0.0529. The second-order valence-corrected chi connectivity index (χ2v) is 5.48. The summed E-state index contributed by atoms with van der Waals surface area (Å²) in [6, 6.07) is 2.93. The van der Waals surface area contributed by atoms with Gasteiger partial charge in [-0.1, -0.05) is 19.9 Å². The Labute approximate surface area is 127 Å². The summed E-state index contributed by atoms with van der Waals surface area (Å²) in [6.07, 6.45) is 2.21. The summed E-state index contributed by atoms with van der Waals surface area (Å²) < 4.78 is 27.1. The van der Waals surface area contributed by atoms with Crippen molar-refractivity contribution in [3.8, 4) is 0 Å². The second-order valence-electron chi connectivity index (χ2n) is 5.48. The maximum absolute atomic E-state index is 13.5. The zero-order chi connectivity index (χ0) is 16.3. The van der Waals surface area contributed by atoms with Gasteiger partial charge in [-0.15, -0.1) is 0 Å². The van der Waals surface area contributed by atoms with Crippen molar-refractivity contribution in [2.24, 2.45) is 5.92 Å². The van der Waals surface area contributed by atoms with E-state index < -0.39 is 23.6 Å². The number of nitrogens with one attached hydrogen (secondary N) is 1. The van der Waals surface area contributed by atoms with Crippen molar-refractivity contribution in [3.63, 3.8) is 0 Å². The number of carbonyl (C=O) groups is 2. The van der Waals surface area contributed by atoms with E-state index in [1.165, 1.54) is 11.0 Å². The Bertz CT molecular complexity index is 594. The fourth-order valence-electron chi connectivity index (χ4n) is 2.51. The Morgan fingerprint density at radius 3 is 2.59 bits per heavy atom. The van der Waals surface area contributed by atoms with Gasteiger partial charge < -0.3 is 10.2 Å². The number of benzene rings is 1. The van der Waals surface area contributed by atoms with E-state index >= 15 is 0 Å². The highest BCUT2D eigenvalue weighted by Crippen LogP contribution is 2.17. The number of hydrogen-bond acceptors (Lipinski definition) is 2. The predicted molar refractivity (Wildman–Crippen MR) is 78.7 cm³/mol. The summed E-state index contributed by atoms with van der Waals surface area (Å²) >= 11 is 0. The largest absolute Gasteiger partial charge is 0.353 e. The van der Waals surface area contributed by atoms with E-state index in [1.54, 1.807) is 0 Å². The topological polar surface area (TPSA) is 49.4 Å². The summed E-state index contributed by atoms with van der Waals surface area (Å²) in [5.74, 6) is -2.17. The number of halogens is 2. The van der Waals surface area contributed by atoms with Crippen molar-refractivity contribution >= 4 is 17.9 Å². The molecule has 1 unspecified atom stereocenters. The van der Waals surface area contributed by atoms with Gasteiger partial charge in [0, 0.05) is 24.7 Å². The molecule has 22 heavy (non-hydrogen) atoms. The molecular formula is C16H18F2N2O2. The van der Waals surface area contributed by atoms with Crippen LogP contribution in [-0.2, 0) is 9.59 Å². The molecule has 1 heterocycles. The molecule has 2 rings (SSSR count). The first-order valence-electron chi connectivity index (χ1n) is 7.12. The molecule has 1 aliphatic rings. The molecule has 6 heteroatoms. The number of hydrogen-bond donors (Lipinski definition) is 1. The standard InChI is InChI=1S/C16H18F2N2O2/c1-10(2)15-16(22)19-8-9-20(15)14(21)7-6-11-12(17)4-3-5-13(11)18/h3-7,10,15H,8-9H2,1-2H3,(H,19,22)/b7-6+. The van der Waals surface area contributed by atoms with Gasteiger partial charge in [0.15, 0.2) is 0 Å². The third-order valence-corrected chi connectivity index (χ3v) is 3.56. The predicted octanol–water partition coefficient (Wildman–Crippen LogP) is 1.96. The van der Waals surface area contributed by atoms with Gasteiger partial charge in [0.25, 0.3) is 0 Å². The molecule has 0 radical (unpaired) electrons. The van der Waals surface area contributed by atoms with E-state index in [9.17, 15) is 18.4 Å². The van der Waals surface area contributed by atoms with Crippen LogP contribution in [0.15, 0.2) is 24.3 Å². The van der Waals surface area contributed by atoms with Gasteiger partial charge in [0.2, 0.25) is 11.8 Å². The lowest BCUT2D eigenvalue weighted by Crippen LogP contribution is -2.58. The van der Waals surface area contributed by atoms with Crippen LogP contribution >= 0.6 is 0 Å². The molecular weight excluding hydrogens is 290 g/mol. The zero-order valence-corrected chi connectivity index (χ0v) is 12.5. The van der Waals surface area contributed by atoms with Crippen LogP contribution in [0.1, 0.15) is 19.4 Å². The zero-order valence-electron chi connectivity index (χ0n) is 12.5. The van der Waals surface area contributed by atoms with E-state index in [4.69, 9.17) is 0 Å². The minimum Gasteiger partial charge on any atom is -0.353 e. The quantitative estimate of drug-likeness (QED) is 0.868. The first-order chi connectivity index (χ1) is 10.4. The maximum Gasteiger partial charge on any atom is 0.247 e. The fraction of sp³-hybridized carbons (Fsp3) is 0.375. The van der Waals surface area contributed by atoms with Gasteiger partial charge in [-0.05, 0) is 24.1 Å². The lowest BCUT2D eigenvalue weighted by atomic mass is 9.99. The van der Waals surface area contributed by atoms with Gasteiger partial charge in [0.05, 0.1) is 0 Å². The molecule has 0 aliphatic carbocycles. The average molecular weight is 308 g/mol. The lowest BCUT2D eigenvalue weighted by molar-refractivity contribution is -0.141. The SMILES string of the molecule is CC(C)C1C(=O)NCCN1C(=O)/C=C/c1c(F)cccc1F. The van der Waals surface area contributed by atoms with Crippen LogP contribution in [0.3, 0.4) is 0 Å². The molecule has 0 spiro atoms. The summed E-state index contributed by atoms with van der Waals surface area (Å²) in [4.78, 5) is 25.6. The Kier molecular flexibility index (Phi) is 4.90. The number of piperazine rings is 1. The molecule has 4 nitrogen and oxygen atoms in total. The summed E-state index contributed by atoms with van der Waals surface area (Å²) in [6.45, 7) is 4.43. The van der Waals surface area contributed by atoms with Crippen LogP contribution in [0.4, 0.5) is 8.78 Å². The molecule has 0 saturated carbocycles. The smallest absolute Gasteiger partial charge is 0.247 e. The minimum atomic E-state index is -0.735. The van der Waals surface area contributed by atoms with E-state index in [0.29, 0.717) is 13.1 Å². The van der Waals surface area contributed by atoms with Gasteiger partial charge in [-0.3, -0.25) is 9.59 Å². The van der Waals surface area contributed by atoms with Crippen molar-refractivity contribution in [2.75, 3.05) is 13.1 Å². The molecule has 1 fully saturated rings. The van der Waals surface area contributed by atoms with E-state index in [0.717, 1.165) is 24.3 Å². The summed E-state index contributed by atoms with van der Waals surface area (Å²) in [5, 5.41) is 2.71. The monoisotopic (exact) mass is 308 g/mol. The van der Waals surface area contributed by atoms with Crippen molar-refractivity contribution in [1.29, 1.82) is 0 Å². The third kappa shape index (κ3) is 3.32. The van der Waals surface area contributed by atoms with Crippen LogP contribution in [0.2, 0.25) is 0 Å². The second kappa shape index (κ2) is 6.68. The number of nitrogens with zero attached hydrogens (tertiary/aromatic N) is 1. The van der Waals surface area contributed by atoms with Crippen molar-refractivity contribution in [3.05, 3.63) is 41.5 Å². The van der Waals surface area contributed by atoms with E-state index in [-0.39, 0.29) is 17.4 Å². The van der Waals surface area contributed by atoms with Crippen molar-refractivity contribution in [2.45, 2.75) is 19.9 Å². The maximum atomic E-state index is 13.5. The van der Waals surface area contributed by atoms with Crippen LogP contribution < -0.4 is 5.32 Å². The van der Waals surface area contributed by atoms with Gasteiger partial charge in [0.1, 0.15) is 17.7 Å². The molecule has 0 aromatic heterocycles. The molecule has 1 aromatic carbocycles. The molecule has 1 aromatic rings. The number of rotatable bonds is 3. The van der Waals surface area contributed by atoms with Crippen LogP contribution in [0, 0.1) is 17.6 Å². The van der Waals surface area contributed by atoms with Crippen LogP contribution in [0.25, 0.3) is 6.08 Å². The van der Waals surface area contributed by atoms with Gasteiger partial charge in [-0.2, -0.15) is 0 Å². The Morgan fingerprint density at radius 1 is 1.36 bits per heavy atom. The molecule has 2 amide bonds. The molecule has 118 valence electrons. The normalized spacial score (nSPS) is 18.9. The highest BCUT2D eigenvalue weighted by Gasteiger charge is 2.34. The number of carbonyl (C=O) groups excluding carboxylic acids is 2. The highest BCUT2D eigenvalue weighted by atomic mass is 19.1. The summed E-state index contributed by atoms with van der Waals surface area (Å²) in [5.41, 5.74) is -0.265. The average Bonchev–Trinajstić information content (AvgIpc) is 2.45. The Balaban J connectivity index is 2.20. The van der Waals surface area contributed by atoms with Crippen LogP contribution in [-0.4, -0.2) is 35.8 Å². The summed E-state index contributed by atoms with van der Waals surface area (Å²) in [7, 11) is 0. The van der Waals surface area contributed by atoms with E-state index in [1.807, 2.05) is 13.8 Å². The first kappa shape index (κ1) is 16.1. The molecule has 1 atom stereocenters. The first-order valence-corrected chi connectivity index (χ1v) is 7.12. The molecule has 0 bridgehead atoms. The van der Waals surface area contributed by atoms with Gasteiger partial charge >= 0.3 is 0 Å². The third-order valence-electron chi connectivity index (χ3n) is 3.56. The van der Waals surface area contributed by atoms with Crippen LogP contribution in [0.5, 0.6) is 0 Å². The van der Waals surface area contributed by atoms with Gasteiger partial charge in [-0.25, -0.2) is 8.78 Å². The Hall–Kier alpha value is -2.24. The Morgan fingerprint density at radius 2 is 2.00 bits per heavy atom.